The molecule has 160 valence electrons. The number of sulfonamides is 1. The van der Waals surface area contributed by atoms with E-state index in [4.69, 9.17) is 9.47 Å². The van der Waals surface area contributed by atoms with Gasteiger partial charge in [-0.1, -0.05) is 6.42 Å². The van der Waals surface area contributed by atoms with Gasteiger partial charge in [0.05, 0.1) is 24.8 Å². The molecule has 1 aliphatic carbocycles. The molecule has 8 heteroatoms. The molecule has 1 saturated carbocycles. The molecular formula is C22H26N2O5S. The number of nitrogens with zero attached hydrogens (tertiary/aromatic N) is 1. The van der Waals surface area contributed by atoms with Crippen molar-refractivity contribution in [1.29, 1.82) is 0 Å². The van der Waals surface area contributed by atoms with Crippen LogP contribution in [0.1, 0.15) is 31.7 Å². The van der Waals surface area contributed by atoms with Crippen LogP contribution in [-0.4, -0.2) is 34.6 Å². The van der Waals surface area contributed by atoms with Crippen molar-refractivity contribution in [2.45, 2.75) is 43.5 Å². The van der Waals surface area contributed by atoms with E-state index in [1.165, 1.54) is 14.2 Å². The summed E-state index contributed by atoms with van der Waals surface area (Å²) in [5.41, 5.74) is 1.99. The lowest BCUT2D eigenvalue weighted by molar-refractivity contribution is -0.125. The molecule has 1 fully saturated rings. The molecule has 4 rings (SSSR count). The third-order valence-electron chi connectivity index (χ3n) is 5.92. The van der Waals surface area contributed by atoms with Gasteiger partial charge in [0.15, 0.2) is 0 Å². The Kier molecular flexibility index (Phi) is 5.36. The summed E-state index contributed by atoms with van der Waals surface area (Å²) in [6.45, 7) is 2.00. The van der Waals surface area contributed by atoms with Crippen molar-refractivity contribution in [2.24, 2.45) is 5.92 Å². The van der Waals surface area contributed by atoms with Gasteiger partial charge in [-0.05, 0) is 62.1 Å². The average Bonchev–Trinajstić information content (AvgIpc) is 3.01. The van der Waals surface area contributed by atoms with Crippen LogP contribution in [0, 0.1) is 5.92 Å². The highest BCUT2D eigenvalue weighted by Crippen LogP contribution is 2.39. The Hall–Kier alpha value is -2.74. The second-order valence-electron chi connectivity index (χ2n) is 7.85. The maximum atomic E-state index is 13.0. The molecule has 1 unspecified atom stereocenters. The minimum Gasteiger partial charge on any atom is -0.497 e. The molecule has 0 bridgehead atoms. The molecule has 2 aromatic carbocycles. The number of nitrogens with one attached hydrogen (secondary N) is 1. The maximum absolute atomic E-state index is 13.0. The molecule has 0 radical (unpaired) electrons. The van der Waals surface area contributed by atoms with E-state index in [0.29, 0.717) is 23.6 Å². The van der Waals surface area contributed by atoms with E-state index in [-0.39, 0.29) is 22.8 Å². The highest BCUT2D eigenvalue weighted by atomic mass is 32.2. The van der Waals surface area contributed by atoms with Gasteiger partial charge >= 0.3 is 0 Å². The number of carbonyl (C=O) groups excluding carboxylic acids is 1. The number of ether oxygens (including phenoxy) is 2. The van der Waals surface area contributed by atoms with Crippen LogP contribution in [-0.2, 0) is 21.2 Å². The number of amides is 1. The fraction of sp³-hybridized carbons (Fsp3) is 0.409. The maximum Gasteiger partial charge on any atom is 0.262 e. The molecule has 1 heterocycles. The second kappa shape index (κ2) is 7.83. The van der Waals surface area contributed by atoms with Gasteiger partial charge in [0.25, 0.3) is 10.0 Å². The van der Waals surface area contributed by atoms with Crippen molar-refractivity contribution in [2.75, 3.05) is 23.8 Å². The molecule has 0 aromatic heterocycles. The van der Waals surface area contributed by atoms with Crippen molar-refractivity contribution >= 4 is 27.3 Å². The third-order valence-corrected chi connectivity index (χ3v) is 7.28. The first-order valence-electron chi connectivity index (χ1n) is 10.0. The zero-order valence-corrected chi connectivity index (χ0v) is 18.2. The molecule has 7 nitrogen and oxygen atoms in total. The second-order valence-corrected chi connectivity index (χ2v) is 9.53. The van der Waals surface area contributed by atoms with Crippen molar-refractivity contribution in [3.8, 4) is 11.5 Å². The van der Waals surface area contributed by atoms with Crippen LogP contribution in [0.3, 0.4) is 0 Å². The van der Waals surface area contributed by atoms with Crippen LogP contribution in [0.25, 0.3) is 0 Å². The summed E-state index contributed by atoms with van der Waals surface area (Å²) in [4.78, 5) is 14.8. The molecule has 30 heavy (non-hydrogen) atoms. The lowest BCUT2D eigenvalue weighted by atomic mass is 9.84. The van der Waals surface area contributed by atoms with E-state index in [1.807, 2.05) is 11.8 Å². The number of hydrogen-bond donors (Lipinski definition) is 1. The quantitative estimate of drug-likeness (QED) is 0.757. The first-order valence-corrected chi connectivity index (χ1v) is 11.5. The number of carbonyl (C=O) groups is 1. The van der Waals surface area contributed by atoms with Crippen LogP contribution < -0.4 is 19.1 Å². The minimum absolute atomic E-state index is 0.0255. The van der Waals surface area contributed by atoms with Gasteiger partial charge in [-0.25, -0.2) is 8.42 Å². The Morgan fingerprint density at radius 3 is 2.50 bits per heavy atom. The standard InChI is InChI=1S/C22H26N2O5S/c1-14-11-16-12-18(8-9-20(16)24(14)22(25)15-5-4-6-15)30(26,27)23-19-13-17(28-2)7-10-21(19)29-3/h7-10,12-15,23H,4-6,11H2,1-3H3. The van der Waals surface area contributed by atoms with E-state index < -0.39 is 10.0 Å². The SMILES string of the molecule is COc1ccc(OC)c(NS(=O)(=O)c2ccc3c(c2)CC(C)N3C(=O)C2CCC2)c1. The van der Waals surface area contributed by atoms with E-state index >= 15 is 0 Å². The molecule has 2 aliphatic rings. The van der Waals surface area contributed by atoms with Gasteiger partial charge in [-0.2, -0.15) is 0 Å². The predicted octanol–water partition coefficient (Wildman–Crippen LogP) is 3.58. The molecule has 1 atom stereocenters. The van der Waals surface area contributed by atoms with Gasteiger partial charge < -0.3 is 14.4 Å². The number of methoxy groups -OCH3 is 2. The predicted molar refractivity (Wildman–Crippen MR) is 115 cm³/mol. The summed E-state index contributed by atoms with van der Waals surface area (Å²) in [6.07, 6.45) is 3.62. The molecular weight excluding hydrogens is 404 g/mol. The molecule has 0 saturated heterocycles. The number of anilines is 2. The topological polar surface area (TPSA) is 84.9 Å². The number of rotatable bonds is 6. The number of benzene rings is 2. The summed E-state index contributed by atoms with van der Waals surface area (Å²) in [6, 6.07) is 9.89. The molecule has 1 amide bonds. The molecule has 1 N–H and O–H groups in total. The summed E-state index contributed by atoms with van der Waals surface area (Å²) in [5.74, 6) is 1.17. The first-order chi connectivity index (χ1) is 14.3. The smallest absolute Gasteiger partial charge is 0.262 e. The third kappa shape index (κ3) is 3.60. The summed E-state index contributed by atoms with van der Waals surface area (Å²) >= 11 is 0. The van der Waals surface area contributed by atoms with Crippen LogP contribution in [0.4, 0.5) is 11.4 Å². The van der Waals surface area contributed by atoms with Crippen molar-refractivity contribution in [3.05, 3.63) is 42.0 Å². The lowest BCUT2D eigenvalue weighted by Crippen LogP contribution is -2.42. The highest BCUT2D eigenvalue weighted by molar-refractivity contribution is 7.92. The lowest BCUT2D eigenvalue weighted by Gasteiger charge is -2.32. The summed E-state index contributed by atoms with van der Waals surface area (Å²) in [5, 5.41) is 0. The van der Waals surface area contributed by atoms with Crippen LogP contribution in [0.15, 0.2) is 41.3 Å². The summed E-state index contributed by atoms with van der Waals surface area (Å²) in [7, 11) is -0.858. The zero-order valence-electron chi connectivity index (χ0n) is 17.3. The Bertz CT molecular complexity index is 1080. The van der Waals surface area contributed by atoms with E-state index in [1.54, 1.807) is 36.4 Å². The average molecular weight is 431 g/mol. The van der Waals surface area contributed by atoms with Crippen LogP contribution in [0.5, 0.6) is 11.5 Å². The fourth-order valence-electron chi connectivity index (χ4n) is 4.06. The van der Waals surface area contributed by atoms with Gasteiger partial charge in [0.2, 0.25) is 5.91 Å². The monoisotopic (exact) mass is 430 g/mol. The van der Waals surface area contributed by atoms with E-state index in [2.05, 4.69) is 4.72 Å². The largest absolute Gasteiger partial charge is 0.497 e. The van der Waals surface area contributed by atoms with Crippen LogP contribution in [0.2, 0.25) is 0 Å². The fourth-order valence-corrected chi connectivity index (χ4v) is 5.17. The highest BCUT2D eigenvalue weighted by Gasteiger charge is 2.37. The van der Waals surface area contributed by atoms with Crippen molar-refractivity contribution in [3.63, 3.8) is 0 Å². The molecule has 1 aliphatic heterocycles. The van der Waals surface area contributed by atoms with Crippen molar-refractivity contribution < 1.29 is 22.7 Å². The van der Waals surface area contributed by atoms with Crippen LogP contribution >= 0.6 is 0 Å². The Morgan fingerprint density at radius 2 is 1.87 bits per heavy atom. The summed E-state index contributed by atoms with van der Waals surface area (Å²) < 4.78 is 39.1. The van der Waals surface area contributed by atoms with E-state index in [9.17, 15) is 13.2 Å². The molecule has 2 aromatic rings. The minimum atomic E-state index is -3.85. The van der Waals surface area contributed by atoms with E-state index in [0.717, 1.165) is 30.5 Å². The number of hydrogen-bond acceptors (Lipinski definition) is 5. The molecule has 0 spiro atoms. The van der Waals surface area contributed by atoms with Gasteiger partial charge in [-0.15, -0.1) is 0 Å². The van der Waals surface area contributed by atoms with Gasteiger partial charge in [-0.3, -0.25) is 9.52 Å². The Morgan fingerprint density at radius 1 is 1.10 bits per heavy atom. The zero-order chi connectivity index (χ0) is 21.5. The number of fused-ring (bicyclic) bond motifs is 1. The first kappa shape index (κ1) is 20.5. The Balaban J connectivity index is 1.62. The normalized spacial score (nSPS) is 18.5. The van der Waals surface area contributed by atoms with Gasteiger partial charge in [0.1, 0.15) is 11.5 Å². The van der Waals surface area contributed by atoms with Gasteiger partial charge in [0, 0.05) is 23.7 Å². The Labute approximate surface area is 177 Å². The van der Waals surface area contributed by atoms with Crippen molar-refractivity contribution in [1.82, 2.24) is 0 Å².